The van der Waals surface area contributed by atoms with Crippen molar-refractivity contribution in [1.82, 2.24) is 25.1 Å². The standard InChI is InChI=1S/C23H29N5O3.ClH/c29-23-22-21(20(26-27-22)16-5-1-2-6-16)24-19(25-23)15-17-7-3-4-8-18(17)31-14-11-28-9-12-30-13-10-28;/h3-4,7-8,16H,1-2,5-6,9-15H2,(H,26,27)(H,24,25,29);1H. The minimum Gasteiger partial charge on any atom is -0.492 e. The summed E-state index contributed by atoms with van der Waals surface area (Å²) in [6.45, 7) is 4.96. The van der Waals surface area contributed by atoms with Crippen LogP contribution in [0.5, 0.6) is 5.75 Å². The summed E-state index contributed by atoms with van der Waals surface area (Å²) < 4.78 is 11.5. The molecule has 9 heteroatoms. The Morgan fingerprint density at radius 1 is 1.16 bits per heavy atom. The summed E-state index contributed by atoms with van der Waals surface area (Å²) in [6, 6.07) is 7.97. The molecule has 5 rings (SSSR count). The van der Waals surface area contributed by atoms with E-state index in [2.05, 4.69) is 20.1 Å². The fraction of sp³-hybridized carbons (Fsp3) is 0.522. The van der Waals surface area contributed by atoms with Crippen LogP contribution in [0.4, 0.5) is 0 Å². The SMILES string of the molecule is Cl.O=c1[nH]c(Cc2ccccc2OCCN2CCOCC2)nc2c(C3CCCC3)n[nH]c12. The zero-order valence-electron chi connectivity index (χ0n) is 18.1. The van der Waals surface area contributed by atoms with Crippen LogP contribution < -0.4 is 10.3 Å². The van der Waals surface area contributed by atoms with Gasteiger partial charge in [-0.25, -0.2) is 4.98 Å². The fourth-order valence-corrected chi connectivity index (χ4v) is 4.63. The summed E-state index contributed by atoms with van der Waals surface area (Å²) in [5.41, 5.74) is 2.98. The Hall–Kier alpha value is -2.42. The van der Waals surface area contributed by atoms with E-state index in [-0.39, 0.29) is 18.0 Å². The maximum Gasteiger partial charge on any atom is 0.276 e. The normalized spacial score (nSPS) is 17.5. The average molecular weight is 460 g/mol. The Balaban J connectivity index is 0.00000245. The zero-order valence-corrected chi connectivity index (χ0v) is 19.0. The number of hydrogen-bond acceptors (Lipinski definition) is 6. The molecule has 0 amide bonds. The molecule has 2 aromatic heterocycles. The van der Waals surface area contributed by atoms with Crippen LogP contribution in [0.1, 0.15) is 48.7 Å². The van der Waals surface area contributed by atoms with Crippen LogP contribution in [-0.4, -0.2) is 64.5 Å². The number of ether oxygens (including phenoxy) is 2. The number of fused-ring (bicyclic) bond motifs is 1. The van der Waals surface area contributed by atoms with Crippen LogP contribution in [0, 0.1) is 0 Å². The van der Waals surface area contributed by atoms with Gasteiger partial charge in [0.1, 0.15) is 29.2 Å². The molecule has 0 unspecified atom stereocenters. The van der Waals surface area contributed by atoms with E-state index in [1.54, 1.807) is 0 Å². The summed E-state index contributed by atoms with van der Waals surface area (Å²) in [5.74, 6) is 1.87. The number of halogens is 1. The summed E-state index contributed by atoms with van der Waals surface area (Å²) >= 11 is 0. The smallest absolute Gasteiger partial charge is 0.276 e. The third kappa shape index (κ3) is 4.98. The zero-order chi connectivity index (χ0) is 21.0. The molecule has 1 aromatic carbocycles. The van der Waals surface area contributed by atoms with Gasteiger partial charge in [-0.1, -0.05) is 31.0 Å². The number of para-hydroxylation sites is 1. The first kappa shape index (κ1) is 22.8. The van der Waals surface area contributed by atoms with E-state index in [1.807, 2.05) is 24.3 Å². The number of hydrogen-bond donors (Lipinski definition) is 2. The van der Waals surface area contributed by atoms with Crippen molar-refractivity contribution in [3.63, 3.8) is 0 Å². The number of H-pyrrole nitrogens is 2. The van der Waals surface area contributed by atoms with Crippen molar-refractivity contribution < 1.29 is 9.47 Å². The molecule has 0 radical (unpaired) electrons. The quantitative estimate of drug-likeness (QED) is 0.563. The highest BCUT2D eigenvalue weighted by atomic mass is 35.5. The van der Waals surface area contributed by atoms with Crippen LogP contribution in [0.2, 0.25) is 0 Å². The van der Waals surface area contributed by atoms with E-state index in [4.69, 9.17) is 14.5 Å². The van der Waals surface area contributed by atoms with Crippen molar-refractivity contribution in [1.29, 1.82) is 0 Å². The Kier molecular flexibility index (Phi) is 7.44. The number of nitrogens with zero attached hydrogens (tertiary/aromatic N) is 3. The highest BCUT2D eigenvalue weighted by molar-refractivity contribution is 5.85. The number of nitrogens with one attached hydrogen (secondary N) is 2. The maximum atomic E-state index is 12.6. The molecule has 8 nitrogen and oxygen atoms in total. The molecule has 1 aliphatic carbocycles. The number of aromatic amines is 2. The van der Waals surface area contributed by atoms with Crippen LogP contribution in [0.25, 0.3) is 11.0 Å². The minimum absolute atomic E-state index is 0. The second kappa shape index (κ2) is 10.5. The molecule has 2 aliphatic rings. The van der Waals surface area contributed by atoms with Crippen molar-refractivity contribution >= 4 is 23.4 Å². The van der Waals surface area contributed by atoms with Crippen LogP contribution in [0.3, 0.4) is 0 Å². The monoisotopic (exact) mass is 459 g/mol. The lowest BCUT2D eigenvalue weighted by Gasteiger charge is -2.26. The number of aromatic nitrogens is 4. The number of morpholine rings is 1. The third-order valence-electron chi connectivity index (χ3n) is 6.34. The Morgan fingerprint density at radius 2 is 1.94 bits per heavy atom. The van der Waals surface area contributed by atoms with E-state index in [0.29, 0.717) is 30.3 Å². The van der Waals surface area contributed by atoms with Crippen molar-refractivity contribution in [2.24, 2.45) is 0 Å². The van der Waals surface area contributed by atoms with Gasteiger partial charge in [-0.15, -0.1) is 12.4 Å². The van der Waals surface area contributed by atoms with Gasteiger partial charge in [-0.3, -0.25) is 14.8 Å². The van der Waals surface area contributed by atoms with E-state index >= 15 is 0 Å². The largest absolute Gasteiger partial charge is 0.492 e. The van der Waals surface area contributed by atoms with Crippen molar-refractivity contribution in [2.75, 3.05) is 39.5 Å². The molecule has 1 saturated carbocycles. The lowest BCUT2D eigenvalue weighted by atomic mass is 10.0. The maximum absolute atomic E-state index is 12.6. The molecule has 172 valence electrons. The van der Waals surface area contributed by atoms with Gasteiger partial charge in [0.25, 0.3) is 5.56 Å². The van der Waals surface area contributed by atoms with Crippen molar-refractivity contribution in [2.45, 2.75) is 38.0 Å². The Morgan fingerprint density at radius 3 is 2.75 bits per heavy atom. The van der Waals surface area contributed by atoms with E-state index in [1.165, 1.54) is 12.8 Å². The van der Waals surface area contributed by atoms with E-state index in [9.17, 15) is 4.79 Å². The molecule has 0 bridgehead atoms. The lowest BCUT2D eigenvalue weighted by molar-refractivity contribution is 0.0322. The van der Waals surface area contributed by atoms with Gasteiger partial charge in [0, 0.05) is 37.5 Å². The third-order valence-corrected chi connectivity index (χ3v) is 6.34. The lowest BCUT2D eigenvalue weighted by Crippen LogP contribution is -2.38. The highest BCUT2D eigenvalue weighted by Crippen LogP contribution is 2.35. The van der Waals surface area contributed by atoms with Gasteiger partial charge in [0.2, 0.25) is 0 Å². The van der Waals surface area contributed by atoms with Gasteiger partial charge in [0.15, 0.2) is 0 Å². The van der Waals surface area contributed by atoms with Gasteiger partial charge < -0.3 is 14.5 Å². The molecule has 0 atom stereocenters. The van der Waals surface area contributed by atoms with Crippen molar-refractivity contribution in [3.05, 3.63) is 51.7 Å². The van der Waals surface area contributed by atoms with Crippen LogP contribution >= 0.6 is 12.4 Å². The Bertz CT molecular complexity index is 1090. The first-order valence-corrected chi connectivity index (χ1v) is 11.3. The first-order valence-electron chi connectivity index (χ1n) is 11.3. The van der Waals surface area contributed by atoms with E-state index < -0.39 is 0 Å². The van der Waals surface area contributed by atoms with Crippen molar-refractivity contribution in [3.8, 4) is 5.75 Å². The molecular formula is C23H30ClN5O3. The summed E-state index contributed by atoms with van der Waals surface area (Å²) in [5, 5.41) is 7.34. The topological polar surface area (TPSA) is 96.1 Å². The van der Waals surface area contributed by atoms with Gasteiger partial charge in [0.05, 0.1) is 18.9 Å². The predicted octanol–water partition coefficient (Wildman–Crippen LogP) is 3.03. The van der Waals surface area contributed by atoms with E-state index in [0.717, 1.165) is 68.2 Å². The second-order valence-electron chi connectivity index (χ2n) is 8.41. The molecule has 2 N–H and O–H groups in total. The number of rotatable bonds is 7. The Labute approximate surface area is 193 Å². The van der Waals surface area contributed by atoms with Crippen LogP contribution in [0.15, 0.2) is 29.1 Å². The molecule has 1 saturated heterocycles. The molecule has 32 heavy (non-hydrogen) atoms. The van der Waals surface area contributed by atoms with Gasteiger partial charge in [-0.2, -0.15) is 5.10 Å². The molecular weight excluding hydrogens is 430 g/mol. The van der Waals surface area contributed by atoms with Gasteiger partial charge in [-0.05, 0) is 18.9 Å². The fourth-order valence-electron chi connectivity index (χ4n) is 4.63. The summed E-state index contributed by atoms with van der Waals surface area (Å²) in [4.78, 5) is 22.7. The molecule has 1 aliphatic heterocycles. The average Bonchev–Trinajstić information content (AvgIpc) is 3.46. The van der Waals surface area contributed by atoms with Crippen LogP contribution in [-0.2, 0) is 11.2 Å². The predicted molar refractivity (Wildman–Crippen MR) is 125 cm³/mol. The summed E-state index contributed by atoms with van der Waals surface area (Å²) in [6.07, 6.45) is 5.16. The molecule has 3 aromatic rings. The highest BCUT2D eigenvalue weighted by Gasteiger charge is 2.24. The minimum atomic E-state index is -0.164. The van der Waals surface area contributed by atoms with Gasteiger partial charge >= 0.3 is 0 Å². The molecule has 2 fully saturated rings. The second-order valence-corrected chi connectivity index (χ2v) is 8.41. The number of benzene rings is 1. The summed E-state index contributed by atoms with van der Waals surface area (Å²) in [7, 11) is 0. The molecule has 3 heterocycles. The first-order chi connectivity index (χ1) is 15.3. The molecule has 0 spiro atoms.